The summed E-state index contributed by atoms with van der Waals surface area (Å²) in [5, 5.41) is 0.811. The van der Waals surface area contributed by atoms with E-state index in [4.69, 9.17) is 25.8 Å². The monoisotopic (exact) mass is 521 g/mol. The van der Waals surface area contributed by atoms with Gasteiger partial charge in [-0.3, -0.25) is 4.79 Å². The fourth-order valence-electron chi connectivity index (χ4n) is 5.48. The molecular weight excluding hydrogens is 494 g/mol. The zero-order valence-corrected chi connectivity index (χ0v) is 21.5. The van der Waals surface area contributed by atoms with Gasteiger partial charge in [0.2, 0.25) is 6.79 Å². The van der Waals surface area contributed by atoms with Crippen LogP contribution in [-0.4, -0.2) is 35.8 Å². The number of benzene rings is 3. The van der Waals surface area contributed by atoms with E-state index < -0.39 is 0 Å². The summed E-state index contributed by atoms with van der Waals surface area (Å²) in [6.45, 7) is 0.256. The molecule has 2 bridgehead atoms. The van der Waals surface area contributed by atoms with Crippen molar-refractivity contribution in [3.8, 4) is 17.2 Å². The third kappa shape index (κ3) is 4.89. The van der Waals surface area contributed by atoms with Gasteiger partial charge in [0.25, 0.3) is 5.91 Å². The molecule has 0 N–H and O–H groups in total. The Kier molecular flexibility index (Phi) is 6.72. The lowest BCUT2D eigenvalue weighted by atomic mass is 9.98. The maximum atomic E-state index is 13.4. The van der Waals surface area contributed by atoms with E-state index in [1.807, 2.05) is 60.3 Å². The van der Waals surface area contributed by atoms with E-state index in [9.17, 15) is 4.79 Å². The first-order valence-corrected chi connectivity index (χ1v) is 14.0. The summed E-state index contributed by atoms with van der Waals surface area (Å²) in [6, 6.07) is 22.2. The molecule has 3 aromatic carbocycles. The molecule has 36 heavy (non-hydrogen) atoms. The van der Waals surface area contributed by atoms with Gasteiger partial charge < -0.3 is 19.1 Å². The van der Waals surface area contributed by atoms with Gasteiger partial charge in [-0.15, -0.1) is 0 Å². The average molecular weight is 522 g/mol. The quantitative estimate of drug-likeness (QED) is 0.345. The van der Waals surface area contributed by atoms with Crippen LogP contribution in [0.2, 0.25) is 5.02 Å². The number of carbonyl (C=O) groups is 1. The lowest BCUT2D eigenvalue weighted by Crippen LogP contribution is -2.49. The van der Waals surface area contributed by atoms with Gasteiger partial charge in [-0.1, -0.05) is 41.9 Å². The predicted molar refractivity (Wildman–Crippen MR) is 142 cm³/mol. The smallest absolute Gasteiger partial charge is 0.254 e. The van der Waals surface area contributed by atoms with E-state index in [-0.39, 0.29) is 30.9 Å². The molecule has 0 aromatic heterocycles. The van der Waals surface area contributed by atoms with Crippen LogP contribution in [0.1, 0.15) is 47.2 Å². The molecule has 186 valence electrons. The normalized spacial score (nSPS) is 22.0. The van der Waals surface area contributed by atoms with Crippen molar-refractivity contribution in [2.75, 3.05) is 6.79 Å². The third-order valence-corrected chi connectivity index (χ3v) is 8.68. The minimum atomic E-state index is 0.101. The number of hydrogen-bond donors (Lipinski definition) is 0. The second-order valence-corrected chi connectivity index (χ2v) is 11.0. The highest BCUT2D eigenvalue weighted by molar-refractivity contribution is 7.97. The number of halogens is 1. The van der Waals surface area contributed by atoms with Gasteiger partial charge in [0.1, 0.15) is 11.9 Å². The molecule has 2 atom stereocenters. The van der Waals surface area contributed by atoms with Crippen molar-refractivity contribution in [1.82, 2.24) is 4.90 Å². The number of piperidine rings is 1. The summed E-state index contributed by atoms with van der Waals surface area (Å²) >= 11 is 8.09. The molecule has 3 aliphatic rings. The molecule has 0 unspecified atom stereocenters. The molecule has 0 saturated carbocycles. The Morgan fingerprint density at radius 1 is 0.944 bits per heavy atom. The Balaban J connectivity index is 1.04. The maximum absolute atomic E-state index is 13.4. The summed E-state index contributed by atoms with van der Waals surface area (Å²) in [5.74, 6) is 4.17. The van der Waals surface area contributed by atoms with Crippen LogP contribution < -0.4 is 14.2 Å². The van der Waals surface area contributed by atoms with Crippen LogP contribution in [0.4, 0.5) is 0 Å². The second-order valence-electron chi connectivity index (χ2n) is 9.60. The highest BCUT2D eigenvalue weighted by Gasteiger charge is 2.44. The van der Waals surface area contributed by atoms with Crippen molar-refractivity contribution < 1.29 is 19.0 Å². The lowest BCUT2D eigenvalue weighted by Gasteiger charge is -2.39. The van der Waals surface area contributed by atoms with Gasteiger partial charge in [0.05, 0.1) is 0 Å². The van der Waals surface area contributed by atoms with Crippen molar-refractivity contribution in [2.24, 2.45) is 0 Å². The number of ether oxygens (including phenoxy) is 3. The molecular formula is C29H28ClNO4S. The van der Waals surface area contributed by atoms with E-state index >= 15 is 0 Å². The largest absolute Gasteiger partial charge is 0.490 e. The zero-order valence-electron chi connectivity index (χ0n) is 19.9. The van der Waals surface area contributed by atoms with Crippen molar-refractivity contribution in [3.63, 3.8) is 0 Å². The summed E-state index contributed by atoms with van der Waals surface area (Å²) < 4.78 is 17.2. The number of amides is 1. The highest BCUT2D eigenvalue weighted by atomic mass is 35.5. The Morgan fingerprint density at radius 3 is 2.47 bits per heavy atom. The van der Waals surface area contributed by atoms with Crippen LogP contribution in [0.25, 0.3) is 0 Å². The molecule has 0 aliphatic carbocycles. The van der Waals surface area contributed by atoms with Gasteiger partial charge in [-0.25, -0.2) is 0 Å². The van der Waals surface area contributed by atoms with E-state index in [2.05, 4.69) is 23.1 Å². The molecule has 2 fully saturated rings. The second kappa shape index (κ2) is 10.3. The molecule has 0 radical (unpaired) electrons. The first-order chi connectivity index (χ1) is 17.6. The van der Waals surface area contributed by atoms with Gasteiger partial charge in [0, 0.05) is 53.1 Å². The van der Waals surface area contributed by atoms with E-state index in [0.717, 1.165) is 70.6 Å². The fourth-order valence-corrected chi connectivity index (χ4v) is 6.77. The Labute approximate surface area is 220 Å². The van der Waals surface area contributed by atoms with Crippen LogP contribution in [-0.2, 0) is 11.5 Å². The van der Waals surface area contributed by atoms with E-state index in [1.165, 1.54) is 5.56 Å². The summed E-state index contributed by atoms with van der Waals surface area (Å²) in [7, 11) is 0. The zero-order chi connectivity index (χ0) is 24.5. The number of rotatable bonds is 7. The van der Waals surface area contributed by atoms with Crippen molar-refractivity contribution in [1.29, 1.82) is 0 Å². The third-order valence-electron chi connectivity index (χ3n) is 7.26. The topological polar surface area (TPSA) is 48.0 Å². The summed E-state index contributed by atoms with van der Waals surface area (Å²) in [6.07, 6.45) is 3.88. The number of hydrogen-bond acceptors (Lipinski definition) is 5. The number of nitrogens with zero attached hydrogens (tertiary/aromatic N) is 1. The summed E-state index contributed by atoms with van der Waals surface area (Å²) in [4.78, 5) is 15.5. The SMILES string of the molecule is O=C(c1ccc(CSCc2ccccc2Cl)cc1)N1[C@H]2CC[C@H]1CC(Oc1ccc3c(c1)OCO3)C2. The van der Waals surface area contributed by atoms with Crippen molar-refractivity contribution in [2.45, 2.75) is 55.4 Å². The van der Waals surface area contributed by atoms with Crippen LogP contribution >= 0.6 is 23.4 Å². The minimum Gasteiger partial charge on any atom is -0.490 e. The van der Waals surface area contributed by atoms with Gasteiger partial charge in [-0.05, 0) is 54.3 Å². The van der Waals surface area contributed by atoms with Crippen LogP contribution in [0, 0.1) is 0 Å². The summed E-state index contributed by atoms with van der Waals surface area (Å²) in [5.41, 5.74) is 3.13. The predicted octanol–water partition coefficient (Wildman–Crippen LogP) is 6.72. The van der Waals surface area contributed by atoms with E-state index in [0.29, 0.717) is 0 Å². The minimum absolute atomic E-state index is 0.101. The Hall–Kier alpha value is -2.83. The number of fused-ring (bicyclic) bond motifs is 3. The van der Waals surface area contributed by atoms with Gasteiger partial charge in [0.15, 0.2) is 11.5 Å². The molecule has 3 heterocycles. The lowest BCUT2D eigenvalue weighted by molar-refractivity contribution is 0.0358. The Bertz CT molecular complexity index is 1240. The Morgan fingerprint density at radius 2 is 1.69 bits per heavy atom. The average Bonchev–Trinajstić information content (AvgIpc) is 3.46. The van der Waals surface area contributed by atoms with Gasteiger partial charge >= 0.3 is 0 Å². The number of thioether (sulfide) groups is 1. The first kappa shape index (κ1) is 23.6. The van der Waals surface area contributed by atoms with Crippen LogP contribution in [0.15, 0.2) is 66.7 Å². The van der Waals surface area contributed by atoms with Crippen LogP contribution in [0.3, 0.4) is 0 Å². The molecule has 3 aliphatic heterocycles. The highest BCUT2D eigenvalue weighted by Crippen LogP contribution is 2.40. The standard InChI is InChI=1S/C29H28ClNO4S/c30-26-4-2-1-3-21(26)17-36-16-19-5-7-20(8-6-19)29(32)31-22-9-10-23(31)14-25(13-22)35-24-11-12-27-28(15-24)34-18-33-27/h1-8,11-12,15,22-23,25H,9-10,13-14,16-18H2/t22-,23-/m0/s1. The van der Waals surface area contributed by atoms with E-state index in [1.54, 1.807) is 0 Å². The van der Waals surface area contributed by atoms with Crippen LogP contribution in [0.5, 0.6) is 17.2 Å². The maximum Gasteiger partial charge on any atom is 0.254 e. The first-order valence-electron chi connectivity index (χ1n) is 12.4. The molecule has 3 aromatic rings. The molecule has 0 spiro atoms. The number of carbonyl (C=O) groups excluding carboxylic acids is 1. The molecule has 6 rings (SSSR count). The fraction of sp³-hybridized carbons (Fsp3) is 0.345. The van der Waals surface area contributed by atoms with Crippen molar-refractivity contribution in [3.05, 3.63) is 88.4 Å². The molecule has 7 heteroatoms. The molecule has 1 amide bonds. The molecule has 2 saturated heterocycles. The van der Waals surface area contributed by atoms with Gasteiger partial charge in [-0.2, -0.15) is 11.8 Å². The molecule has 5 nitrogen and oxygen atoms in total. The van der Waals surface area contributed by atoms with Crippen molar-refractivity contribution >= 4 is 29.3 Å².